The van der Waals surface area contributed by atoms with Gasteiger partial charge in [0.15, 0.2) is 0 Å². The van der Waals surface area contributed by atoms with Crippen molar-refractivity contribution < 1.29 is 0 Å². The minimum atomic E-state index is -0.00694. The van der Waals surface area contributed by atoms with Gasteiger partial charge in [-0.1, -0.05) is 6.07 Å². The van der Waals surface area contributed by atoms with Gasteiger partial charge in [0, 0.05) is 11.8 Å². The number of rotatable bonds is 0. The molecule has 0 unspecified atom stereocenters. The molecule has 4 nitrogen and oxygen atoms in total. The van der Waals surface area contributed by atoms with E-state index in [1.165, 1.54) is 0 Å². The van der Waals surface area contributed by atoms with Gasteiger partial charge < -0.3 is 4.98 Å². The molecule has 0 spiro atoms. The number of hydrogen-bond donors (Lipinski definition) is 3. The van der Waals surface area contributed by atoms with Gasteiger partial charge in [-0.15, -0.1) is 0 Å². The van der Waals surface area contributed by atoms with E-state index in [0.717, 1.165) is 5.56 Å². The summed E-state index contributed by atoms with van der Waals surface area (Å²) in [6.07, 6.45) is 1.62. The van der Waals surface area contributed by atoms with Crippen LogP contribution in [0.4, 0.5) is 0 Å². The maximum atomic E-state index is 10.6. The van der Waals surface area contributed by atoms with E-state index in [2.05, 4.69) is 16.7 Å². The second kappa shape index (κ2) is 4.72. The highest BCUT2D eigenvalue weighted by molar-refractivity contribution is 5.05. The van der Waals surface area contributed by atoms with Crippen LogP contribution in [0, 0.1) is 6.92 Å². The number of nitrogens with one attached hydrogen (secondary N) is 1. The molecule has 1 aromatic heterocycles. The highest BCUT2D eigenvalue weighted by Crippen LogP contribution is 1.81. The van der Waals surface area contributed by atoms with Gasteiger partial charge >= 0.3 is 0 Å². The Morgan fingerprint density at radius 1 is 1.50 bits per heavy atom. The number of aryl methyl sites for hydroxylation is 1. The van der Waals surface area contributed by atoms with Gasteiger partial charge in [0.1, 0.15) is 0 Å². The lowest BCUT2D eigenvalue weighted by Gasteiger charge is -1.83. The summed E-state index contributed by atoms with van der Waals surface area (Å²) in [5.41, 5.74) is 0.750. The SMILES string of the molecule is Cc1ccc[nH]c1=O.NN. The molecule has 1 aromatic rings. The summed E-state index contributed by atoms with van der Waals surface area (Å²) < 4.78 is 0. The van der Waals surface area contributed by atoms with Crippen LogP contribution in [0.1, 0.15) is 5.56 Å². The first-order valence-corrected chi connectivity index (χ1v) is 2.78. The lowest BCUT2D eigenvalue weighted by Crippen LogP contribution is -2.06. The third-order valence-corrected chi connectivity index (χ3v) is 1.02. The van der Waals surface area contributed by atoms with Crippen molar-refractivity contribution in [1.82, 2.24) is 4.98 Å². The first-order chi connectivity index (χ1) is 4.80. The third kappa shape index (κ3) is 2.43. The fraction of sp³-hybridized carbons (Fsp3) is 0.167. The van der Waals surface area contributed by atoms with Crippen LogP contribution in [-0.4, -0.2) is 4.98 Å². The van der Waals surface area contributed by atoms with Crippen molar-refractivity contribution >= 4 is 0 Å². The molecule has 0 aliphatic rings. The molecular formula is C6H11N3O. The predicted molar refractivity (Wildman–Crippen MR) is 40.2 cm³/mol. The van der Waals surface area contributed by atoms with Crippen molar-refractivity contribution in [3.63, 3.8) is 0 Å². The van der Waals surface area contributed by atoms with Crippen LogP contribution in [0.25, 0.3) is 0 Å². The maximum Gasteiger partial charge on any atom is 0.250 e. The van der Waals surface area contributed by atoms with Crippen LogP contribution >= 0.6 is 0 Å². The first-order valence-electron chi connectivity index (χ1n) is 2.78. The second-order valence-electron chi connectivity index (χ2n) is 1.68. The number of hydrogen-bond acceptors (Lipinski definition) is 3. The highest BCUT2D eigenvalue weighted by Gasteiger charge is 1.83. The summed E-state index contributed by atoms with van der Waals surface area (Å²) in [4.78, 5) is 13.1. The molecule has 0 amide bonds. The highest BCUT2D eigenvalue weighted by atomic mass is 16.1. The van der Waals surface area contributed by atoms with Crippen molar-refractivity contribution in [3.05, 3.63) is 34.2 Å². The van der Waals surface area contributed by atoms with Crippen LogP contribution in [0.3, 0.4) is 0 Å². The van der Waals surface area contributed by atoms with E-state index in [1.807, 2.05) is 0 Å². The van der Waals surface area contributed by atoms with Crippen molar-refractivity contribution in [2.24, 2.45) is 11.7 Å². The summed E-state index contributed by atoms with van der Waals surface area (Å²) >= 11 is 0. The summed E-state index contributed by atoms with van der Waals surface area (Å²) in [5.74, 6) is 8.00. The standard InChI is InChI=1S/C6H7NO.H4N2/c1-5-3-2-4-7-6(5)8;1-2/h2-4H,1H3,(H,7,8);1-2H2. The molecule has 1 heterocycles. The van der Waals surface area contributed by atoms with Crippen molar-refractivity contribution in [2.75, 3.05) is 0 Å². The average molecular weight is 141 g/mol. The second-order valence-corrected chi connectivity index (χ2v) is 1.68. The monoisotopic (exact) mass is 141 g/mol. The number of aromatic amines is 1. The largest absolute Gasteiger partial charge is 0.329 e. The van der Waals surface area contributed by atoms with Crippen molar-refractivity contribution in [1.29, 1.82) is 0 Å². The van der Waals surface area contributed by atoms with E-state index < -0.39 is 0 Å². The third-order valence-electron chi connectivity index (χ3n) is 1.02. The molecule has 0 bridgehead atoms. The Morgan fingerprint density at radius 3 is 2.40 bits per heavy atom. The molecule has 0 saturated heterocycles. The molecule has 56 valence electrons. The number of H-pyrrole nitrogens is 1. The van der Waals surface area contributed by atoms with Crippen LogP contribution in [0.15, 0.2) is 23.1 Å². The average Bonchev–Trinajstić information content (AvgIpc) is 2.00. The van der Waals surface area contributed by atoms with Crippen molar-refractivity contribution in [3.8, 4) is 0 Å². The number of nitrogens with two attached hydrogens (primary N) is 2. The Bertz CT molecular complexity index is 230. The van der Waals surface area contributed by atoms with E-state index in [9.17, 15) is 4.79 Å². The number of aromatic nitrogens is 1. The molecular weight excluding hydrogens is 130 g/mol. The summed E-state index contributed by atoms with van der Waals surface area (Å²) in [7, 11) is 0. The van der Waals surface area contributed by atoms with Gasteiger partial charge in [0.25, 0.3) is 5.56 Å². The Labute approximate surface area is 58.8 Å². The van der Waals surface area contributed by atoms with E-state index in [1.54, 1.807) is 25.3 Å². The molecule has 5 N–H and O–H groups in total. The smallest absolute Gasteiger partial charge is 0.250 e. The van der Waals surface area contributed by atoms with Gasteiger partial charge in [-0.05, 0) is 13.0 Å². The Hall–Kier alpha value is -1.13. The predicted octanol–water partition coefficient (Wildman–Crippen LogP) is -0.498. The van der Waals surface area contributed by atoms with E-state index >= 15 is 0 Å². The zero-order chi connectivity index (χ0) is 7.98. The maximum absolute atomic E-state index is 10.6. The Morgan fingerprint density at radius 2 is 2.10 bits per heavy atom. The molecule has 0 radical (unpaired) electrons. The first kappa shape index (κ1) is 8.87. The fourth-order valence-corrected chi connectivity index (χ4v) is 0.506. The van der Waals surface area contributed by atoms with E-state index in [4.69, 9.17) is 0 Å². The van der Waals surface area contributed by atoms with Crippen LogP contribution in [-0.2, 0) is 0 Å². The molecule has 0 fully saturated rings. The van der Waals surface area contributed by atoms with Gasteiger partial charge in [0.05, 0.1) is 0 Å². The van der Waals surface area contributed by atoms with Crippen LogP contribution in [0.5, 0.6) is 0 Å². The zero-order valence-corrected chi connectivity index (χ0v) is 5.79. The summed E-state index contributed by atoms with van der Waals surface area (Å²) in [5, 5.41) is 0. The topological polar surface area (TPSA) is 84.9 Å². The van der Waals surface area contributed by atoms with Crippen LogP contribution < -0.4 is 17.2 Å². The molecule has 0 aromatic carbocycles. The Kier molecular flexibility index (Phi) is 4.19. The minimum Gasteiger partial charge on any atom is -0.329 e. The molecule has 0 saturated carbocycles. The number of pyridine rings is 1. The lowest BCUT2D eigenvalue weighted by molar-refractivity contribution is 1.18. The lowest BCUT2D eigenvalue weighted by atomic mass is 10.3. The van der Waals surface area contributed by atoms with Gasteiger partial charge in [-0.2, -0.15) is 0 Å². The molecule has 4 heteroatoms. The van der Waals surface area contributed by atoms with Crippen molar-refractivity contribution in [2.45, 2.75) is 6.92 Å². The zero-order valence-electron chi connectivity index (χ0n) is 5.79. The van der Waals surface area contributed by atoms with E-state index in [-0.39, 0.29) is 5.56 Å². The number of hydrazine groups is 1. The normalized spacial score (nSPS) is 7.90. The molecule has 0 aliphatic heterocycles. The fourth-order valence-electron chi connectivity index (χ4n) is 0.506. The van der Waals surface area contributed by atoms with Gasteiger partial charge in [-0.3, -0.25) is 16.5 Å². The Balaban J connectivity index is 0.000000371. The van der Waals surface area contributed by atoms with Gasteiger partial charge in [-0.25, -0.2) is 0 Å². The summed E-state index contributed by atoms with van der Waals surface area (Å²) in [6, 6.07) is 3.58. The molecule has 10 heavy (non-hydrogen) atoms. The molecule has 0 atom stereocenters. The van der Waals surface area contributed by atoms with E-state index in [0.29, 0.717) is 0 Å². The molecule has 1 rings (SSSR count). The quantitative estimate of drug-likeness (QED) is 0.336. The van der Waals surface area contributed by atoms with Crippen LogP contribution in [0.2, 0.25) is 0 Å². The summed E-state index contributed by atoms with van der Waals surface area (Å²) in [6.45, 7) is 1.78. The van der Waals surface area contributed by atoms with Gasteiger partial charge in [0.2, 0.25) is 0 Å². The molecule has 0 aliphatic carbocycles. The minimum absolute atomic E-state index is 0.00694.